The molecule has 2 aromatic rings. The molecular formula is C16H14F2O2. The van der Waals surface area contributed by atoms with E-state index in [1.165, 1.54) is 12.1 Å². The highest BCUT2D eigenvalue weighted by atomic mass is 19.1. The van der Waals surface area contributed by atoms with Crippen LogP contribution in [0.25, 0.3) is 0 Å². The zero-order valence-corrected chi connectivity index (χ0v) is 10.8. The summed E-state index contributed by atoms with van der Waals surface area (Å²) < 4.78 is 31.7. The van der Waals surface area contributed by atoms with Crippen LogP contribution in [0.15, 0.2) is 36.4 Å². The molecule has 4 heteroatoms. The summed E-state index contributed by atoms with van der Waals surface area (Å²) in [6.45, 7) is 1.14. The summed E-state index contributed by atoms with van der Waals surface area (Å²) in [4.78, 5) is 0. The first-order chi connectivity index (χ1) is 9.63. The van der Waals surface area contributed by atoms with Gasteiger partial charge < -0.3 is 9.84 Å². The van der Waals surface area contributed by atoms with E-state index in [4.69, 9.17) is 4.74 Å². The monoisotopic (exact) mass is 276 g/mol. The highest BCUT2D eigenvalue weighted by molar-refractivity contribution is 5.35. The fourth-order valence-corrected chi connectivity index (χ4v) is 2.41. The molecule has 20 heavy (non-hydrogen) atoms. The van der Waals surface area contributed by atoms with Crippen LogP contribution in [0.4, 0.5) is 8.78 Å². The van der Waals surface area contributed by atoms with Crippen LogP contribution in [0.3, 0.4) is 0 Å². The Bertz CT molecular complexity index is 640. The van der Waals surface area contributed by atoms with E-state index in [0.29, 0.717) is 18.8 Å². The molecule has 0 saturated heterocycles. The quantitative estimate of drug-likeness (QED) is 0.932. The molecule has 1 atom stereocenters. The molecule has 0 radical (unpaired) electrons. The number of halogens is 2. The van der Waals surface area contributed by atoms with Crippen LogP contribution in [0.1, 0.15) is 28.4 Å². The zero-order valence-electron chi connectivity index (χ0n) is 10.8. The zero-order chi connectivity index (χ0) is 14.1. The van der Waals surface area contributed by atoms with E-state index in [9.17, 15) is 13.9 Å². The normalized spacial score (nSPS) is 15.2. The van der Waals surface area contributed by atoms with E-state index in [2.05, 4.69) is 0 Å². The van der Waals surface area contributed by atoms with E-state index in [1.54, 1.807) is 0 Å². The number of fused-ring (bicyclic) bond motifs is 1. The van der Waals surface area contributed by atoms with Gasteiger partial charge in [-0.3, -0.25) is 0 Å². The Hall–Kier alpha value is -1.78. The van der Waals surface area contributed by atoms with Gasteiger partial charge in [-0.25, -0.2) is 8.78 Å². The topological polar surface area (TPSA) is 29.5 Å². The molecule has 1 unspecified atom stereocenters. The second-order valence-electron chi connectivity index (χ2n) is 4.98. The van der Waals surface area contributed by atoms with Crippen LogP contribution in [-0.4, -0.2) is 5.11 Å². The van der Waals surface area contributed by atoms with Crippen LogP contribution in [0, 0.1) is 11.6 Å². The average Bonchev–Trinajstić information content (AvgIpc) is 2.89. The largest absolute Gasteiger partial charge is 0.388 e. The van der Waals surface area contributed by atoms with Crippen molar-refractivity contribution in [2.75, 3.05) is 0 Å². The predicted molar refractivity (Wildman–Crippen MR) is 70.0 cm³/mol. The van der Waals surface area contributed by atoms with Crippen molar-refractivity contribution in [3.8, 4) is 0 Å². The number of benzene rings is 2. The molecule has 0 amide bonds. The van der Waals surface area contributed by atoms with Crippen molar-refractivity contribution in [1.82, 2.24) is 0 Å². The second-order valence-corrected chi connectivity index (χ2v) is 4.98. The first-order valence-electron chi connectivity index (χ1n) is 6.45. The Labute approximate surface area is 115 Å². The van der Waals surface area contributed by atoms with Crippen LogP contribution in [0.5, 0.6) is 0 Å². The van der Waals surface area contributed by atoms with Crippen LogP contribution < -0.4 is 0 Å². The number of ether oxygens (including phenoxy) is 1. The molecule has 3 rings (SSSR count). The van der Waals surface area contributed by atoms with Crippen molar-refractivity contribution >= 4 is 0 Å². The van der Waals surface area contributed by atoms with Gasteiger partial charge in [0.15, 0.2) is 0 Å². The van der Waals surface area contributed by atoms with Crippen molar-refractivity contribution in [1.29, 1.82) is 0 Å². The Kier molecular flexibility index (Phi) is 3.51. The number of hydrogen-bond acceptors (Lipinski definition) is 2. The minimum Gasteiger partial charge on any atom is -0.388 e. The summed E-state index contributed by atoms with van der Waals surface area (Å²) in [7, 11) is 0. The Morgan fingerprint density at radius 3 is 2.65 bits per heavy atom. The Balaban J connectivity index is 1.80. The molecule has 0 bridgehead atoms. The lowest BCUT2D eigenvalue weighted by Gasteiger charge is -2.13. The lowest BCUT2D eigenvalue weighted by atomic mass is 9.98. The second kappa shape index (κ2) is 5.31. The third-order valence-corrected chi connectivity index (χ3v) is 3.56. The van der Waals surface area contributed by atoms with Crippen LogP contribution in [-0.2, 0) is 24.4 Å². The summed E-state index contributed by atoms with van der Waals surface area (Å²) in [5, 5.41) is 10.2. The van der Waals surface area contributed by atoms with E-state index < -0.39 is 17.7 Å². The minimum atomic E-state index is -0.819. The highest BCUT2D eigenvalue weighted by Crippen LogP contribution is 2.26. The van der Waals surface area contributed by atoms with Crippen molar-refractivity contribution in [3.05, 3.63) is 70.3 Å². The van der Waals surface area contributed by atoms with E-state index in [0.717, 1.165) is 22.8 Å². The molecule has 0 spiro atoms. The third-order valence-electron chi connectivity index (χ3n) is 3.56. The number of aliphatic hydroxyl groups is 1. The molecule has 1 aliphatic rings. The molecule has 104 valence electrons. The van der Waals surface area contributed by atoms with Crippen molar-refractivity contribution < 1.29 is 18.6 Å². The Morgan fingerprint density at radius 2 is 1.85 bits per heavy atom. The SMILES string of the molecule is OC(Cc1ccc(F)cc1F)c1ccc2c(c1)COC2. The van der Waals surface area contributed by atoms with Crippen LogP contribution in [0.2, 0.25) is 0 Å². The smallest absolute Gasteiger partial charge is 0.129 e. The molecule has 2 aromatic carbocycles. The first-order valence-corrected chi connectivity index (χ1v) is 6.45. The van der Waals surface area contributed by atoms with E-state index in [-0.39, 0.29) is 6.42 Å². The lowest BCUT2D eigenvalue weighted by molar-refractivity contribution is 0.134. The molecule has 0 aliphatic carbocycles. The van der Waals surface area contributed by atoms with Gasteiger partial charge in [0.05, 0.1) is 19.3 Å². The van der Waals surface area contributed by atoms with Crippen molar-refractivity contribution in [2.45, 2.75) is 25.7 Å². The summed E-state index contributed by atoms with van der Waals surface area (Å²) in [5.74, 6) is -1.25. The van der Waals surface area contributed by atoms with Crippen LogP contribution >= 0.6 is 0 Å². The molecule has 1 N–H and O–H groups in total. The maximum Gasteiger partial charge on any atom is 0.129 e. The summed E-state index contributed by atoms with van der Waals surface area (Å²) in [6.07, 6.45) is -0.702. The standard InChI is InChI=1S/C16H14F2O2/c17-14-4-3-10(15(18)7-14)6-16(19)11-1-2-12-8-20-9-13(12)5-11/h1-5,7,16,19H,6,8-9H2. The molecule has 1 aliphatic heterocycles. The van der Waals surface area contributed by atoms with E-state index in [1.807, 2.05) is 18.2 Å². The minimum absolute atomic E-state index is 0.117. The van der Waals surface area contributed by atoms with Gasteiger partial charge in [-0.05, 0) is 28.3 Å². The molecule has 0 saturated carbocycles. The maximum atomic E-state index is 13.6. The first kappa shape index (κ1) is 13.2. The Morgan fingerprint density at radius 1 is 1.05 bits per heavy atom. The lowest BCUT2D eigenvalue weighted by Crippen LogP contribution is -2.04. The average molecular weight is 276 g/mol. The molecule has 0 aromatic heterocycles. The molecule has 0 fully saturated rings. The van der Waals surface area contributed by atoms with Gasteiger partial charge in [0.1, 0.15) is 11.6 Å². The third kappa shape index (κ3) is 2.57. The number of hydrogen-bond donors (Lipinski definition) is 1. The van der Waals surface area contributed by atoms with Gasteiger partial charge in [-0.2, -0.15) is 0 Å². The van der Waals surface area contributed by atoms with Gasteiger partial charge in [0.2, 0.25) is 0 Å². The fourth-order valence-electron chi connectivity index (χ4n) is 2.41. The molecular weight excluding hydrogens is 262 g/mol. The van der Waals surface area contributed by atoms with Gasteiger partial charge >= 0.3 is 0 Å². The number of aliphatic hydroxyl groups excluding tert-OH is 1. The van der Waals surface area contributed by atoms with Gasteiger partial charge in [-0.15, -0.1) is 0 Å². The van der Waals surface area contributed by atoms with E-state index >= 15 is 0 Å². The predicted octanol–water partition coefficient (Wildman–Crippen LogP) is 3.27. The van der Waals surface area contributed by atoms with Crippen molar-refractivity contribution in [2.24, 2.45) is 0 Å². The maximum absolute atomic E-state index is 13.6. The van der Waals surface area contributed by atoms with Crippen molar-refractivity contribution in [3.63, 3.8) is 0 Å². The van der Waals surface area contributed by atoms with Gasteiger partial charge in [0.25, 0.3) is 0 Å². The van der Waals surface area contributed by atoms with Gasteiger partial charge in [0, 0.05) is 12.5 Å². The highest BCUT2D eigenvalue weighted by Gasteiger charge is 2.16. The summed E-state index contributed by atoms with van der Waals surface area (Å²) >= 11 is 0. The summed E-state index contributed by atoms with van der Waals surface area (Å²) in [5.41, 5.74) is 3.20. The number of rotatable bonds is 3. The summed E-state index contributed by atoms with van der Waals surface area (Å²) in [6, 6.07) is 9.01. The molecule has 2 nitrogen and oxygen atoms in total. The van der Waals surface area contributed by atoms with Gasteiger partial charge in [-0.1, -0.05) is 24.3 Å². The molecule has 1 heterocycles. The fraction of sp³-hybridized carbons (Fsp3) is 0.250.